The maximum Gasteiger partial charge on any atom is 0.413 e. The number of ether oxygens (including phenoxy) is 1. The Balaban J connectivity index is 1.80. The number of hydrogen-bond donors (Lipinski definition) is 2. The third kappa shape index (κ3) is 3.98. The average molecular weight is 410 g/mol. The Kier molecular flexibility index (Phi) is 5.36. The van der Waals surface area contributed by atoms with E-state index < -0.39 is 24.0 Å². The predicted octanol–water partition coefficient (Wildman–Crippen LogP) is 3.10. The van der Waals surface area contributed by atoms with Crippen LogP contribution in [0.2, 0.25) is 5.15 Å². The lowest BCUT2D eigenvalue weighted by molar-refractivity contribution is 0.118. The molecule has 3 aromatic rings. The predicted molar refractivity (Wildman–Crippen MR) is 96.3 cm³/mol. The molecule has 0 bridgehead atoms. The molecule has 0 saturated carbocycles. The fourth-order valence-electron chi connectivity index (χ4n) is 2.32. The monoisotopic (exact) mass is 409 g/mol. The Labute approximate surface area is 162 Å². The van der Waals surface area contributed by atoms with Gasteiger partial charge in [-0.25, -0.2) is 23.8 Å². The molecule has 0 unspecified atom stereocenters. The van der Waals surface area contributed by atoms with Crippen molar-refractivity contribution in [2.24, 2.45) is 7.05 Å². The van der Waals surface area contributed by atoms with Crippen LogP contribution in [0.5, 0.6) is 0 Å². The number of rotatable bonds is 4. The molecule has 0 radical (unpaired) electrons. The van der Waals surface area contributed by atoms with Crippen LogP contribution in [0.1, 0.15) is 18.6 Å². The number of aryl methyl sites for hydroxylation is 1. The maximum atomic E-state index is 13.7. The van der Waals surface area contributed by atoms with E-state index in [0.717, 1.165) is 12.3 Å². The van der Waals surface area contributed by atoms with Crippen LogP contribution in [0.3, 0.4) is 0 Å². The van der Waals surface area contributed by atoms with E-state index in [1.807, 2.05) is 0 Å². The van der Waals surface area contributed by atoms with Gasteiger partial charge in [-0.3, -0.25) is 5.32 Å². The topological polar surface area (TPSA) is 121 Å². The Morgan fingerprint density at radius 3 is 2.86 bits per heavy atom. The molecule has 0 fully saturated rings. The Bertz CT molecular complexity index is 1040. The van der Waals surface area contributed by atoms with Crippen molar-refractivity contribution in [3.05, 3.63) is 46.9 Å². The summed E-state index contributed by atoms with van der Waals surface area (Å²) in [7, 11) is 1.53. The number of nitrogens with zero attached hydrogens (tertiary/aromatic N) is 5. The van der Waals surface area contributed by atoms with Crippen molar-refractivity contribution in [1.82, 2.24) is 25.0 Å². The molecule has 0 aliphatic carbocycles. The molecule has 0 aliphatic heterocycles. The van der Waals surface area contributed by atoms with Gasteiger partial charge in [0.05, 0.1) is 23.1 Å². The molecular weight excluding hydrogens is 396 g/mol. The minimum absolute atomic E-state index is 0.0689. The number of amides is 1. The van der Waals surface area contributed by atoms with E-state index in [-0.39, 0.29) is 27.9 Å². The van der Waals surface area contributed by atoms with Crippen LogP contribution in [0, 0.1) is 11.8 Å². The van der Waals surface area contributed by atoms with Gasteiger partial charge in [-0.1, -0.05) is 16.8 Å². The average Bonchev–Trinajstić information content (AvgIpc) is 3.00. The minimum Gasteiger partial charge on any atom is -0.441 e. The van der Waals surface area contributed by atoms with Crippen LogP contribution < -0.4 is 11.1 Å². The fourth-order valence-corrected chi connectivity index (χ4v) is 2.47. The number of carbonyl (C=O) groups is 1. The standard InChI is InChI=1S/C16H14ClF2N7O2/c1-7(9-5-8(18)6-21-14(9)19)28-16(27)23-15-12(24-25-26(15)2)11-4-3-10(20)13(17)22-11/h3-7H,20H2,1-2H3,(H,23,27)/t7-/m1/s1. The number of carbonyl (C=O) groups excluding carboxylic acids is 1. The van der Waals surface area contributed by atoms with E-state index in [9.17, 15) is 13.6 Å². The smallest absolute Gasteiger partial charge is 0.413 e. The number of anilines is 2. The first-order chi connectivity index (χ1) is 13.3. The summed E-state index contributed by atoms with van der Waals surface area (Å²) in [5.41, 5.74) is 6.24. The highest BCUT2D eigenvalue weighted by Crippen LogP contribution is 2.27. The second-order valence-corrected chi connectivity index (χ2v) is 6.05. The molecule has 3 N–H and O–H groups in total. The van der Waals surface area contributed by atoms with Crippen molar-refractivity contribution in [3.63, 3.8) is 0 Å². The fraction of sp³-hybridized carbons (Fsp3) is 0.188. The summed E-state index contributed by atoms with van der Waals surface area (Å²) >= 11 is 5.92. The van der Waals surface area contributed by atoms with Gasteiger partial charge in [0.15, 0.2) is 16.7 Å². The molecule has 0 aromatic carbocycles. The highest BCUT2D eigenvalue weighted by molar-refractivity contribution is 6.31. The lowest BCUT2D eigenvalue weighted by Gasteiger charge is -2.15. The van der Waals surface area contributed by atoms with Crippen molar-refractivity contribution >= 4 is 29.2 Å². The first kappa shape index (κ1) is 19.4. The maximum absolute atomic E-state index is 13.7. The molecule has 3 aromatic heterocycles. The number of nitrogen functional groups attached to an aromatic ring is 1. The summed E-state index contributed by atoms with van der Waals surface area (Å²) in [4.78, 5) is 19.6. The lowest BCUT2D eigenvalue weighted by Crippen LogP contribution is -2.19. The van der Waals surface area contributed by atoms with Gasteiger partial charge < -0.3 is 10.5 Å². The summed E-state index contributed by atoms with van der Waals surface area (Å²) < 4.78 is 33.4. The molecule has 146 valence electrons. The summed E-state index contributed by atoms with van der Waals surface area (Å²) in [6.07, 6.45) is -1.31. The van der Waals surface area contributed by atoms with Crippen molar-refractivity contribution < 1.29 is 18.3 Å². The van der Waals surface area contributed by atoms with Crippen molar-refractivity contribution in [2.75, 3.05) is 11.1 Å². The number of halogens is 3. The highest BCUT2D eigenvalue weighted by Gasteiger charge is 2.21. The van der Waals surface area contributed by atoms with E-state index in [2.05, 4.69) is 25.6 Å². The van der Waals surface area contributed by atoms with Crippen LogP contribution >= 0.6 is 11.6 Å². The molecule has 12 heteroatoms. The zero-order valence-corrected chi connectivity index (χ0v) is 15.4. The van der Waals surface area contributed by atoms with E-state index in [4.69, 9.17) is 22.1 Å². The van der Waals surface area contributed by atoms with Gasteiger partial charge in [0.1, 0.15) is 11.9 Å². The van der Waals surface area contributed by atoms with Crippen molar-refractivity contribution in [3.8, 4) is 11.4 Å². The number of hydrogen-bond acceptors (Lipinski definition) is 7. The Morgan fingerprint density at radius 2 is 2.14 bits per heavy atom. The van der Waals surface area contributed by atoms with E-state index in [1.54, 1.807) is 6.07 Å². The van der Waals surface area contributed by atoms with Gasteiger partial charge in [-0.2, -0.15) is 4.39 Å². The largest absolute Gasteiger partial charge is 0.441 e. The summed E-state index contributed by atoms with van der Waals surface area (Å²) in [5.74, 6) is -1.54. The van der Waals surface area contributed by atoms with E-state index in [1.165, 1.54) is 24.7 Å². The molecule has 1 amide bonds. The van der Waals surface area contributed by atoms with Gasteiger partial charge >= 0.3 is 6.09 Å². The van der Waals surface area contributed by atoms with E-state index >= 15 is 0 Å². The number of nitrogens with one attached hydrogen (secondary N) is 1. The lowest BCUT2D eigenvalue weighted by atomic mass is 10.2. The summed E-state index contributed by atoms with van der Waals surface area (Å²) in [6.45, 7) is 1.38. The van der Waals surface area contributed by atoms with Gasteiger partial charge in [0.2, 0.25) is 5.95 Å². The molecule has 1 atom stereocenters. The molecule has 9 nitrogen and oxygen atoms in total. The van der Waals surface area contributed by atoms with Crippen LogP contribution in [-0.4, -0.2) is 31.1 Å². The number of aromatic nitrogens is 5. The normalized spacial score (nSPS) is 11.9. The quantitative estimate of drug-likeness (QED) is 0.635. The molecule has 0 aliphatic rings. The van der Waals surface area contributed by atoms with Crippen molar-refractivity contribution in [1.29, 1.82) is 0 Å². The number of pyridine rings is 2. The zero-order chi connectivity index (χ0) is 20.4. The van der Waals surface area contributed by atoms with Gasteiger partial charge in [0.25, 0.3) is 0 Å². The van der Waals surface area contributed by atoms with Gasteiger partial charge in [0, 0.05) is 7.05 Å². The Hall–Kier alpha value is -3.34. The Morgan fingerprint density at radius 1 is 1.39 bits per heavy atom. The summed E-state index contributed by atoms with van der Waals surface area (Å²) in [6, 6.07) is 3.99. The summed E-state index contributed by atoms with van der Waals surface area (Å²) in [5, 5.41) is 10.3. The zero-order valence-electron chi connectivity index (χ0n) is 14.7. The molecular formula is C16H14ClF2N7O2. The molecule has 0 saturated heterocycles. The van der Waals surface area contributed by atoms with Crippen LogP contribution in [-0.2, 0) is 11.8 Å². The van der Waals surface area contributed by atoms with Crippen LogP contribution in [0.4, 0.5) is 25.1 Å². The second-order valence-electron chi connectivity index (χ2n) is 5.69. The first-order valence-corrected chi connectivity index (χ1v) is 8.24. The van der Waals surface area contributed by atoms with Gasteiger partial charge in [-0.05, 0) is 25.1 Å². The number of nitrogens with two attached hydrogens (primary N) is 1. The van der Waals surface area contributed by atoms with Crippen LogP contribution in [0.25, 0.3) is 11.4 Å². The first-order valence-electron chi connectivity index (χ1n) is 7.87. The third-order valence-corrected chi connectivity index (χ3v) is 4.02. The van der Waals surface area contributed by atoms with Crippen molar-refractivity contribution in [2.45, 2.75) is 13.0 Å². The molecule has 3 heterocycles. The minimum atomic E-state index is -1.10. The second kappa shape index (κ2) is 7.72. The third-order valence-electron chi connectivity index (χ3n) is 3.72. The SMILES string of the molecule is C[C@@H](OC(=O)Nc1c(-c2ccc(N)c(Cl)n2)nnn1C)c1cc(F)cnc1F. The highest BCUT2D eigenvalue weighted by atomic mass is 35.5. The van der Waals surface area contributed by atoms with Gasteiger partial charge in [-0.15, -0.1) is 5.10 Å². The molecule has 3 rings (SSSR count). The van der Waals surface area contributed by atoms with E-state index in [0.29, 0.717) is 5.69 Å². The van der Waals surface area contributed by atoms with Crippen LogP contribution in [0.15, 0.2) is 24.4 Å². The molecule has 28 heavy (non-hydrogen) atoms. The molecule has 0 spiro atoms.